The van der Waals surface area contributed by atoms with Gasteiger partial charge in [0.05, 0.1) is 36.1 Å². The summed E-state index contributed by atoms with van der Waals surface area (Å²) in [5.74, 6) is -1.43. The average Bonchev–Trinajstić information content (AvgIpc) is 2.77. The molecule has 2 rings (SSSR count). The highest BCUT2D eigenvalue weighted by atomic mass is 35.5. The minimum atomic E-state index is -1.04. The highest BCUT2D eigenvalue weighted by Crippen LogP contribution is 2.29. The van der Waals surface area contributed by atoms with Crippen LogP contribution in [0.1, 0.15) is 17.3 Å². The maximum Gasteiger partial charge on any atom is 0.131 e. The summed E-state index contributed by atoms with van der Waals surface area (Å²) in [6.07, 6.45) is 1.39. The van der Waals surface area contributed by atoms with E-state index >= 15 is 0 Å². The highest BCUT2D eigenvalue weighted by molar-refractivity contribution is 6.31. The summed E-state index contributed by atoms with van der Waals surface area (Å²) in [5.41, 5.74) is 6.10. The molecule has 1 unspecified atom stereocenters. The Hall–Kier alpha value is -1.50. The van der Waals surface area contributed by atoms with Gasteiger partial charge in [-0.15, -0.1) is 0 Å². The number of hydrogen-bond donors (Lipinski definition) is 1. The van der Waals surface area contributed by atoms with Gasteiger partial charge in [0.2, 0.25) is 0 Å². The van der Waals surface area contributed by atoms with Crippen LogP contribution in [0.25, 0.3) is 0 Å². The third-order valence-electron chi connectivity index (χ3n) is 2.95. The monoisotopic (exact) mass is 301 g/mol. The van der Waals surface area contributed by atoms with Gasteiger partial charge in [-0.1, -0.05) is 17.7 Å². The van der Waals surface area contributed by atoms with E-state index in [1.807, 2.05) is 0 Å². The van der Waals surface area contributed by atoms with Crippen LogP contribution in [0.2, 0.25) is 5.02 Å². The van der Waals surface area contributed by atoms with Crippen LogP contribution < -0.4 is 5.73 Å². The first-order chi connectivity index (χ1) is 9.56. The Bertz CT molecular complexity index is 583. The number of nitrogens with zero attached hydrogens (tertiary/aromatic N) is 2. The SMILES string of the molecule is COCCn1ncc(Cl)c1C(N)c1c(F)cccc1F. The van der Waals surface area contributed by atoms with E-state index in [1.54, 1.807) is 7.11 Å². The van der Waals surface area contributed by atoms with Gasteiger partial charge in [0.1, 0.15) is 11.6 Å². The minimum Gasteiger partial charge on any atom is -0.383 e. The van der Waals surface area contributed by atoms with Crippen molar-refractivity contribution in [2.45, 2.75) is 12.6 Å². The molecule has 20 heavy (non-hydrogen) atoms. The van der Waals surface area contributed by atoms with Crippen LogP contribution >= 0.6 is 11.6 Å². The second-order valence-electron chi connectivity index (χ2n) is 4.21. The van der Waals surface area contributed by atoms with Crippen molar-refractivity contribution < 1.29 is 13.5 Å². The van der Waals surface area contributed by atoms with Gasteiger partial charge in [-0.25, -0.2) is 8.78 Å². The molecule has 0 aliphatic rings. The molecule has 0 fully saturated rings. The molecule has 0 radical (unpaired) electrons. The zero-order valence-corrected chi connectivity index (χ0v) is 11.6. The molecule has 0 spiro atoms. The second kappa shape index (κ2) is 6.30. The number of methoxy groups -OCH3 is 1. The average molecular weight is 302 g/mol. The number of aromatic nitrogens is 2. The molecule has 4 nitrogen and oxygen atoms in total. The highest BCUT2D eigenvalue weighted by Gasteiger charge is 2.24. The summed E-state index contributed by atoms with van der Waals surface area (Å²) in [6, 6.07) is 2.55. The minimum absolute atomic E-state index is 0.228. The van der Waals surface area contributed by atoms with Crippen LogP contribution in [0.4, 0.5) is 8.78 Å². The molecule has 0 saturated heterocycles. The Labute approximate surface area is 120 Å². The largest absolute Gasteiger partial charge is 0.383 e. The van der Waals surface area contributed by atoms with Crippen LogP contribution in [0.5, 0.6) is 0 Å². The summed E-state index contributed by atoms with van der Waals surface area (Å²) < 4.78 is 34.0. The van der Waals surface area contributed by atoms with Gasteiger partial charge in [-0.3, -0.25) is 4.68 Å². The Kier molecular flexibility index (Phi) is 4.69. The van der Waals surface area contributed by atoms with E-state index in [1.165, 1.54) is 16.9 Å². The van der Waals surface area contributed by atoms with Crippen LogP contribution in [-0.2, 0) is 11.3 Å². The lowest BCUT2D eigenvalue weighted by Gasteiger charge is -2.16. The summed E-state index contributed by atoms with van der Waals surface area (Å²) >= 11 is 6.02. The zero-order valence-electron chi connectivity index (χ0n) is 10.8. The number of benzene rings is 1. The maximum atomic E-state index is 13.8. The van der Waals surface area contributed by atoms with E-state index in [0.717, 1.165) is 12.1 Å². The molecule has 0 saturated carbocycles. The molecule has 1 aromatic carbocycles. The normalized spacial score (nSPS) is 12.7. The lowest BCUT2D eigenvalue weighted by atomic mass is 10.0. The quantitative estimate of drug-likeness (QED) is 0.923. The van der Waals surface area contributed by atoms with Gasteiger partial charge in [-0.2, -0.15) is 5.10 Å². The maximum absolute atomic E-state index is 13.8. The fraction of sp³-hybridized carbons (Fsp3) is 0.308. The number of rotatable bonds is 5. The first kappa shape index (κ1) is 14.9. The molecule has 0 bridgehead atoms. The Balaban J connectivity index is 2.43. The van der Waals surface area contributed by atoms with Crippen LogP contribution in [0, 0.1) is 11.6 Å². The summed E-state index contributed by atoms with van der Waals surface area (Å²) in [7, 11) is 1.54. The fourth-order valence-electron chi connectivity index (χ4n) is 1.98. The molecule has 0 aliphatic carbocycles. The fourth-order valence-corrected chi connectivity index (χ4v) is 2.24. The first-order valence-corrected chi connectivity index (χ1v) is 6.33. The molecule has 2 aromatic rings. The molecule has 1 atom stereocenters. The topological polar surface area (TPSA) is 53.1 Å². The van der Waals surface area contributed by atoms with Crippen molar-refractivity contribution in [1.29, 1.82) is 0 Å². The molecule has 1 aromatic heterocycles. The molecule has 0 amide bonds. The number of hydrogen-bond acceptors (Lipinski definition) is 3. The number of nitrogens with two attached hydrogens (primary N) is 1. The van der Waals surface area contributed by atoms with E-state index in [2.05, 4.69) is 5.10 Å². The van der Waals surface area contributed by atoms with Crippen LogP contribution in [0.15, 0.2) is 24.4 Å². The van der Waals surface area contributed by atoms with Gasteiger partial charge in [0.25, 0.3) is 0 Å². The van der Waals surface area contributed by atoms with Crippen molar-refractivity contribution in [3.8, 4) is 0 Å². The van der Waals surface area contributed by atoms with Crippen molar-refractivity contribution in [3.05, 3.63) is 52.3 Å². The Morgan fingerprint density at radius 2 is 2.05 bits per heavy atom. The molecule has 2 N–H and O–H groups in total. The predicted octanol–water partition coefficient (Wildman–Crippen LogP) is 2.51. The second-order valence-corrected chi connectivity index (χ2v) is 4.61. The Morgan fingerprint density at radius 1 is 1.40 bits per heavy atom. The van der Waals surface area contributed by atoms with Crippen molar-refractivity contribution in [2.75, 3.05) is 13.7 Å². The standard InChI is InChI=1S/C13H14ClF2N3O/c1-20-6-5-19-13(8(14)7-18-19)12(17)11-9(15)3-2-4-10(11)16/h2-4,7,12H,5-6,17H2,1H3. The van der Waals surface area contributed by atoms with Crippen LogP contribution in [0.3, 0.4) is 0 Å². The van der Waals surface area contributed by atoms with Gasteiger partial charge >= 0.3 is 0 Å². The van der Waals surface area contributed by atoms with E-state index < -0.39 is 17.7 Å². The smallest absolute Gasteiger partial charge is 0.131 e. The van der Waals surface area contributed by atoms with Gasteiger partial charge in [-0.05, 0) is 12.1 Å². The van der Waals surface area contributed by atoms with Crippen molar-refractivity contribution in [2.24, 2.45) is 5.73 Å². The number of ether oxygens (including phenoxy) is 1. The Morgan fingerprint density at radius 3 is 2.65 bits per heavy atom. The van der Waals surface area contributed by atoms with Gasteiger partial charge in [0, 0.05) is 12.7 Å². The predicted molar refractivity (Wildman–Crippen MR) is 71.5 cm³/mol. The van der Waals surface area contributed by atoms with E-state index in [4.69, 9.17) is 22.1 Å². The summed E-state index contributed by atoms with van der Waals surface area (Å²) in [4.78, 5) is 0. The summed E-state index contributed by atoms with van der Waals surface area (Å²) in [5, 5.41) is 4.30. The van der Waals surface area contributed by atoms with E-state index in [0.29, 0.717) is 18.8 Å². The molecular formula is C13H14ClF2N3O. The zero-order chi connectivity index (χ0) is 14.7. The molecule has 7 heteroatoms. The van der Waals surface area contributed by atoms with Gasteiger partial charge < -0.3 is 10.5 Å². The van der Waals surface area contributed by atoms with Crippen molar-refractivity contribution >= 4 is 11.6 Å². The van der Waals surface area contributed by atoms with Crippen molar-refractivity contribution in [1.82, 2.24) is 9.78 Å². The molecule has 108 valence electrons. The van der Waals surface area contributed by atoms with Gasteiger partial charge in [0.15, 0.2) is 0 Å². The van der Waals surface area contributed by atoms with E-state index in [9.17, 15) is 8.78 Å². The van der Waals surface area contributed by atoms with Crippen molar-refractivity contribution in [3.63, 3.8) is 0 Å². The third-order valence-corrected chi connectivity index (χ3v) is 3.24. The van der Waals surface area contributed by atoms with E-state index in [-0.39, 0.29) is 10.6 Å². The lowest BCUT2D eigenvalue weighted by Crippen LogP contribution is -2.21. The number of halogens is 3. The molecule has 1 heterocycles. The third kappa shape index (κ3) is 2.82. The summed E-state index contributed by atoms with van der Waals surface area (Å²) in [6.45, 7) is 0.778. The molecular weight excluding hydrogens is 288 g/mol. The first-order valence-electron chi connectivity index (χ1n) is 5.96. The lowest BCUT2D eigenvalue weighted by molar-refractivity contribution is 0.182. The van der Waals surface area contributed by atoms with Crippen LogP contribution in [-0.4, -0.2) is 23.5 Å². The molecule has 0 aliphatic heterocycles.